The molecule has 21 heavy (non-hydrogen) atoms. The normalized spacial score (nSPS) is 13.8. The molecular formula is C19H29NS. The van der Waals surface area contributed by atoms with E-state index in [9.17, 15) is 0 Å². The van der Waals surface area contributed by atoms with Crippen LogP contribution >= 0.6 is 11.3 Å². The molecule has 0 aliphatic heterocycles. The van der Waals surface area contributed by atoms with Crippen LogP contribution in [0.3, 0.4) is 0 Å². The van der Waals surface area contributed by atoms with Gasteiger partial charge in [-0.15, -0.1) is 11.3 Å². The summed E-state index contributed by atoms with van der Waals surface area (Å²) < 4.78 is 1.41. The Balaban J connectivity index is 2.12. The maximum atomic E-state index is 3.77. The zero-order valence-corrected chi connectivity index (χ0v) is 15.1. The number of benzene rings is 1. The molecule has 1 heterocycles. The molecule has 1 nitrogen and oxygen atoms in total. The molecule has 0 bridgehead atoms. The average molecular weight is 304 g/mol. The van der Waals surface area contributed by atoms with E-state index in [0.29, 0.717) is 6.04 Å². The van der Waals surface area contributed by atoms with Crippen LogP contribution in [-0.2, 0) is 0 Å². The molecule has 0 spiro atoms. The van der Waals surface area contributed by atoms with Gasteiger partial charge in [0.1, 0.15) is 0 Å². The SMILES string of the molecule is Cc1c(C(C)NCC(C(C)C)C(C)C)sc2ccccc12. The highest BCUT2D eigenvalue weighted by molar-refractivity contribution is 7.19. The lowest BCUT2D eigenvalue weighted by molar-refractivity contribution is 0.268. The molecule has 0 aliphatic carbocycles. The van der Waals surface area contributed by atoms with Crippen molar-refractivity contribution >= 4 is 21.4 Å². The lowest BCUT2D eigenvalue weighted by Crippen LogP contribution is -2.31. The molecule has 0 amide bonds. The Morgan fingerprint density at radius 2 is 1.62 bits per heavy atom. The number of aryl methyl sites for hydroxylation is 1. The standard InChI is InChI=1S/C19H29NS/c1-12(2)17(13(3)4)11-20-15(6)19-14(5)16-9-7-8-10-18(16)21-19/h7-10,12-13,15,17,20H,11H2,1-6H3. The van der Waals surface area contributed by atoms with Crippen LogP contribution in [0.15, 0.2) is 24.3 Å². The molecule has 1 N–H and O–H groups in total. The molecular weight excluding hydrogens is 274 g/mol. The van der Waals surface area contributed by atoms with Gasteiger partial charge in [-0.1, -0.05) is 45.9 Å². The van der Waals surface area contributed by atoms with E-state index in [1.165, 1.54) is 20.5 Å². The van der Waals surface area contributed by atoms with Crippen molar-refractivity contribution in [1.29, 1.82) is 0 Å². The highest BCUT2D eigenvalue weighted by atomic mass is 32.1. The first-order chi connectivity index (χ1) is 9.91. The minimum atomic E-state index is 0.433. The quantitative estimate of drug-likeness (QED) is 0.712. The molecule has 1 aromatic carbocycles. The largest absolute Gasteiger partial charge is 0.309 e. The monoisotopic (exact) mass is 303 g/mol. The number of rotatable bonds is 6. The summed E-state index contributed by atoms with van der Waals surface area (Å²) >= 11 is 1.94. The fraction of sp³-hybridized carbons (Fsp3) is 0.579. The van der Waals surface area contributed by atoms with Crippen LogP contribution < -0.4 is 5.32 Å². The predicted molar refractivity (Wildman–Crippen MR) is 96.1 cm³/mol. The van der Waals surface area contributed by atoms with E-state index in [0.717, 1.165) is 24.3 Å². The van der Waals surface area contributed by atoms with Gasteiger partial charge in [0.15, 0.2) is 0 Å². The Morgan fingerprint density at radius 3 is 2.19 bits per heavy atom. The third kappa shape index (κ3) is 3.67. The molecule has 0 radical (unpaired) electrons. The van der Waals surface area contributed by atoms with Gasteiger partial charge in [0.2, 0.25) is 0 Å². The number of hydrogen-bond acceptors (Lipinski definition) is 2. The second-order valence-corrected chi connectivity index (χ2v) is 7.95. The van der Waals surface area contributed by atoms with Gasteiger partial charge >= 0.3 is 0 Å². The Kier molecular flexibility index (Phi) is 5.45. The van der Waals surface area contributed by atoms with Crippen LogP contribution in [0.5, 0.6) is 0 Å². The van der Waals surface area contributed by atoms with Crippen molar-refractivity contribution in [3.05, 3.63) is 34.7 Å². The summed E-state index contributed by atoms with van der Waals surface area (Å²) in [6.07, 6.45) is 0. The van der Waals surface area contributed by atoms with E-state index in [2.05, 4.69) is 71.1 Å². The minimum absolute atomic E-state index is 0.433. The van der Waals surface area contributed by atoms with Crippen molar-refractivity contribution in [1.82, 2.24) is 5.32 Å². The van der Waals surface area contributed by atoms with Gasteiger partial charge in [-0.3, -0.25) is 0 Å². The third-order valence-electron chi connectivity index (χ3n) is 4.65. The predicted octanol–water partition coefficient (Wildman–Crippen LogP) is 5.79. The lowest BCUT2D eigenvalue weighted by Gasteiger charge is -2.27. The smallest absolute Gasteiger partial charge is 0.0389 e. The summed E-state index contributed by atoms with van der Waals surface area (Å²) in [7, 11) is 0. The maximum Gasteiger partial charge on any atom is 0.0389 e. The van der Waals surface area contributed by atoms with Crippen LogP contribution in [0.2, 0.25) is 0 Å². The van der Waals surface area contributed by atoms with E-state index in [1.807, 2.05) is 11.3 Å². The Bertz CT molecular complexity index is 574. The maximum absolute atomic E-state index is 3.77. The zero-order valence-electron chi connectivity index (χ0n) is 14.2. The number of fused-ring (bicyclic) bond motifs is 1. The van der Waals surface area contributed by atoms with Gasteiger partial charge < -0.3 is 5.32 Å². The van der Waals surface area contributed by atoms with Crippen molar-refractivity contribution in [2.75, 3.05) is 6.54 Å². The van der Waals surface area contributed by atoms with Crippen LogP contribution in [0.25, 0.3) is 10.1 Å². The van der Waals surface area contributed by atoms with Gasteiger partial charge in [-0.2, -0.15) is 0 Å². The zero-order chi connectivity index (χ0) is 15.6. The van der Waals surface area contributed by atoms with Crippen LogP contribution in [-0.4, -0.2) is 6.54 Å². The Labute approximate surface area is 133 Å². The Hall–Kier alpha value is -0.860. The number of thiophene rings is 1. The fourth-order valence-corrected chi connectivity index (χ4v) is 4.49. The van der Waals surface area contributed by atoms with Crippen molar-refractivity contribution in [3.8, 4) is 0 Å². The molecule has 0 saturated heterocycles. The molecule has 1 unspecified atom stereocenters. The molecule has 116 valence electrons. The summed E-state index contributed by atoms with van der Waals surface area (Å²) in [5, 5.41) is 5.19. The van der Waals surface area contributed by atoms with Crippen molar-refractivity contribution < 1.29 is 0 Å². The first kappa shape index (κ1) is 16.5. The molecule has 1 aromatic heterocycles. The van der Waals surface area contributed by atoms with Crippen LogP contribution in [0, 0.1) is 24.7 Å². The molecule has 0 aliphatic rings. The van der Waals surface area contributed by atoms with Crippen LogP contribution in [0.1, 0.15) is 51.1 Å². The van der Waals surface area contributed by atoms with Crippen LogP contribution in [0.4, 0.5) is 0 Å². The molecule has 2 rings (SSSR count). The second kappa shape index (κ2) is 6.93. The summed E-state index contributed by atoms with van der Waals surface area (Å²) in [5.74, 6) is 2.20. The fourth-order valence-electron chi connectivity index (χ4n) is 3.25. The molecule has 2 aromatic rings. The topological polar surface area (TPSA) is 12.0 Å². The van der Waals surface area contributed by atoms with Crippen molar-refractivity contribution in [3.63, 3.8) is 0 Å². The first-order valence-electron chi connectivity index (χ1n) is 8.13. The second-order valence-electron chi connectivity index (χ2n) is 6.87. The summed E-state index contributed by atoms with van der Waals surface area (Å²) in [4.78, 5) is 1.49. The summed E-state index contributed by atoms with van der Waals surface area (Å²) in [5.41, 5.74) is 1.45. The van der Waals surface area contributed by atoms with Gasteiger partial charge in [0, 0.05) is 15.6 Å². The minimum Gasteiger partial charge on any atom is -0.309 e. The highest BCUT2D eigenvalue weighted by Crippen LogP contribution is 2.34. The Morgan fingerprint density at radius 1 is 1.00 bits per heavy atom. The van der Waals surface area contributed by atoms with Gasteiger partial charge in [0.05, 0.1) is 0 Å². The van der Waals surface area contributed by atoms with E-state index < -0.39 is 0 Å². The molecule has 0 fully saturated rings. The average Bonchev–Trinajstić information content (AvgIpc) is 2.76. The van der Waals surface area contributed by atoms with Gasteiger partial charge in [-0.05, 0) is 55.2 Å². The molecule has 1 atom stereocenters. The first-order valence-corrected chi connectivity index (χ1v) is 8.94. The lowest BCUT2D eigenvalue weighted by atomic mass is 9.85. The third-order valence-corrected chi connectivity index (χ3v) is 6.10. The number of hydrogen-bond donors (Lipinski definition) is 1. The highest BCUT2D eigenvalue weighted by Gasteiger charge is 2.20. The van der Waals surface area contributed by atoms with Gasteiger partial charge in [-0.25, -0.2) is 0 Å². The summed E-state index contributed by atoms with van der Waals surface area (Å²) in [6, 6.07) is 9.17. The van der Waals surface area contributed by atoms with E-state index in [1.54, 1.807) is 0 Å². The van der Waals surface area contributed by atoms with E-state index >= 15 is 0 Å². The molecule has 2 heteroatoms. The van der Waals surface area contributed by atoms with Crippen molar-refractivity contribution in [2.45, 2.75) is 47.6 Å². The van der Waals surface area contributed by atoms with Crippen molar-refractivity contribution in [2.24, 2.45) is 17.8 Å². The molecule has 0 saturated carbocycles. The van der Waals surface area contributed by atoms with E-state index in [-0.39, 0.29) is 0 Å². The van der Waals surface area contributed by atoms with Gasteiger partial charge in [0.25, 0.3) is 0 Å². The summed E-state index contributed by atoms with van der Waals surface area (Å²) in [6.45, 7) is 15.0. The van der Waals surface area contributed by atoms with E-state index in [4.69, 9.17) is 0 Å². The number of nitrogens with one attached hydrogen (secondary N) is 1.